The lowest BCUT2D eigenvalue weighted by Crippen LogP contribution is -2.67. The Bertz CT molecular complexity index is 1070. The Morgan fingerprint density at radius 2 is 0.936 bits per heavy atom. The Morgan fingerprint density at radius 3 is 1.45 bits per heavy atom. The van der Waals surface area contributed by atoms with E-state index < -0.39 is 148 Å². The molecule has 14 N–H and O–H groups in total. The molecule has 0 aromatic rings. The monoisotopic (exact) mass is 694 g/mol. The van der Waals surface area contributed by atoms with Gasteiger partial charge in [-0.2, -0.15) is 0 Å². The zero-order valence-electron chi connectivity index (χ0n) is 23.9. The van der Waals surface area contributed by atoms with E-state index in [0.29, 0.717) is 0 Å². The third-order valence-corrected chi connectivity index (χ3v) is 8.12. The van der Waals surface area contributed by atoms with Crippen LogP contribution in [0.5, 0.6) is 0 Å². The predicted octanol–water partition coefficient (Wildman–Crippen LogP) is -9.56. The van der Waals surface area contributed by atoms with Crippen LogP contribution in [0.4, 0.5) is 0 Å². The van der Waals surface area contributed by atoms with Crippen LogP contribution in [-0.2, 0) is 42.7 Å². The minimum absolute atomic E-state index is 0.838. The summed E-state index contributed by atoms with van der Waals surface area (Å²) in [5.74, 6) is -3.48. The molecule has 20 unspecified atom stereocenters. The van der Waals surface area contributed by atoms with Gasteiger partial charge >= 0.3 is 11.9 Å². The molecule has 0 aromatic carbocycles. The molecule has 4 saturated heterocycles. The smallest absolute Gasteiger partial charge is 0.335 e. The van der Waals surface area contributed by atoms with Crippen molar-refractivity contribution in [2.75, 3.05) is 13.2 Å². The fourth-order valence-corrected chi connectivity index (χ4v) is 5.39. The van der Waals surface area contributed by atoms with Crippen molar-refractivity contribution in [1.29, 1.82) is 0 Å². The van der Waals surface area contributed by atoms with Crippen molar-refractivity contribution in [3.8, 4) is 0 Å². The van der Waals surface area contributed by atoms with Crippen LogP contribution in [0.15, 0.2) is 0 Å². The van der Waals surface area contributed by atoms with Gasteiger partial charge in [0.05, 0.1) is 13.2 Å². The zero-order chi connectivity index (χ0) is 35.1. The molecule has 47 heavy (non-hydrogen) atoms. The van der Waals surface area contributed by atoms with E-state index in [9.17, 15) is 81.1 Å². The van der Waals surface area contributed by atoms with Gasteiger partial charge in [0.25, 0.3) is 0 Å². The molecular weight excluding hydrogens is 656 g/mol. The van der Waals surface area contributed by atoms with Crippen molar-refractivity contribution in [1.82, 2.24) is 0 Å². The highest BCUT2D eigenvalue weighted by molar-refractivity contribution is 5.73. The largest absolute Gasteiger partial charge is 0.479 e. The van der Waals surface area contributed by atoms with Crippen molar-refractivity contribution in [3.05, 3.63) is 0 Å². The third kappa shape index (κ3) is 7.68. The minimum Gasteiger partial charge on any atom is -0.479 e. The summed E-state index contributed by atoms with van der Waals surface area (Å²) in [7, 11) is 0. The van der Waals surface area contributed by atoms with E-state index in [-0.39, 0.29) is 0 Å². The molecule has 0 saturated carbocycles. The maximum absolute atomic E-state index is 11.4. The van der Waals surface area contributed by atoms with Gasteiger partial charge in [-0.3, -0.25) is 0 Å². The Kier molecular flexibility index (Phi) is 12.4. The molecule has 4 aliphatic heterocycles. The summed E-state index contributed by atoms with van der Waals surface area (Å²) in [6.45, 7) is -1.81. The molecule has 4 fully saturated rings. The topological polar surface area (TPSA) is 382 Å². The maximum Gasteiger partial charge on any atom is 0.335 e. The van der Waals surface area contributed by atoms with Crippen LogP contribution in [0.3, 0.4) is 0 Å². The highest BCUT2D eigenvalue weighted by Gasteiger charge is 2.55. The summed E-state index contributed by atoms with van der Waals surface area (Å²) >= 11 is 0. The van der Waals surface area contributed by atoms with Gasteiger partial charge in [-0.25, -0.2) is 9.59 Å². The highest BCUT2D eigenvalue weighted by Crippen LogP contribution is 2.33. The van der Waals surface area contributed by atoms with E-state index in [1.165, 1.54) is 0 Å². The molecule has 20 atom stereocenters. The van der Waals surface area contributed by atoms with E-state index in [0.717, 1.165) is 0 Å². The molecule has 0 bridgehead atoms. The first-order valence-corrected chi connectivity index (χ1v) is 14.1. The van der Waals surface area contributed by atoms with E-state index in [4.69, 9.17) is 33.2 Å². The molecule has 4 rings (SSSR count). The van der Waals surface area contributed by atoms with Crippen molar-refractivity contribution in [3.63, 3.8) is 0 Å². The lowest BCUT2D eigenvalue weighted by Gasteiger charge is -2.47. The number of rotatable bonds is 10. The van der Waals surface area contributed by atoms with E-state index in [2.05, 4.69) is 0 Å². The number of hydrogen-bond acceptors (Lipinski definition) is 21. The van der Waals surface area contributed by atoms with Crippen LogP contribution in [0.1, 0.15) is 0 Å². The Morgan fingerprint density at radius 1 is 0.489 bits per heavy atom. The van der Waals surface area contributed by atoms with Crippen LogP contribution in [0, 0.1) is 0 Å². The molecule has 272 valence electrons. The molecule has 23 nitrogen and oxygen atoms in total. The van der Waals surface area contributed by atoms with Gasteiger partial charge in [-0.05, 0) is 0 Å². The third-order valence-electron chi connectivity index (χ3n) is 8.12. The predicted molar refractivity (Wildman–Crippen MR) is 135 cm³/mol. The molecule has 4 aliphatic rings. The SMILES string of the molecule is O=C(O)C1OC(OCC2OC(O)C(O)C(OC3OC(CO)C(O)C(OC4OC(C(=O)O)C(O)C(O)C4O)C3O)C2O)C(O)C(O)C1O. The molecule has 0 aliphatic carbocycles. The van der Waals surface area contributed by atoms with E-state index >= 15 is 0 Å². The summed E-state index contributed by atoms with van der Waals surface area (Å²) in [5, 5.41) is 142. The van der Waals surface area contributed by atoms with Gasteiger partial charge < -0.3 is 105 Å². The normalized spacial score (nSPS) is 51.0. The number of carboxylic acids is 2. The van der Waals surface area contributed by atoms with Crippen molar-refractivity contribution in [2.45, 2.75) is 123 Å². The fraction of sp³-hybridized carbons (Fsp3) is 0.917. The Hall–Kier alpha value is -1.82. The Labute approximate surface area is 262 Å². The zero-order valence-corrected chi connectivity index (χ0v) is 23.9. The van der Waals surface area contributed by atoms with E-state index in [1.54, 1.807) is 0 Å². The van der Waals surface area contributed by atoms with Gasteiger partial charge in [-0.15, -0.1) is 0 Å². The van der Waals surface area contributed by atoms with Crippen LogP contribution in [0.2, 0.25) is 0 Å². The van der Waals surface area contributed by atoms with Crippen LogP contribution >= 0.6 is 0 Å². The van der Waals surface area contributed by atoms with Crippen LogP contribution in [-0.4, -0.2) is 219 Å². The lowest BCUT2D eigenvalue weighted by molar-refractivity contribution is -0.379. The molecule has 23 heteroatoms. The number of aliphatic hydroxyl groups excluding tert-OH is 12. The van der Waals surface area contributed by atoms with Crippen LogP contribution < -0.4 is 0 Å². The molecule has 0 aromatic heterocycles. The number of carbonyl (C=O) groups is 2. The van der Waals surface area contributed by atoms with Crippen LogP contribution in [0.25, 0.3) is 0 Å². The standard InChI is InChI=1S/C24H38O23/c25-1-3-5(26)16(45-23-12(33)8(29)10(31)18(47-23)20(38)39)14(35)24(43-3)44-15-6(27)4(42-21(40)13(15)34)2-41-22-11(32)7(28)9(30)17(46-22)19(36)37/h3-18,21-35,40H,1-2H2,(H,36,37)(H,38,39). The average Bonchev–Trinajstić information content (AvgIpc) is 3.02. The summed E-state index contributed by atoms with van der Waals surface area (Å²) in [6, 6.07) is 0. The molecule has 4 heterocycles. The second-order valence-electron chi connectivity index (χ2n) is 11.3. The van der Waals surface area contributed by atoms with Crippen molar-refractivity contribution < 1.29 is 114 Å². The average molecular weight is 695 g/mol. The lowest BCUT2D eigenvalue weighted by atomic mass is 9.96. The summed E-state index contributed by atoms with van der Waals surface area (Å²) in [4.78, 5) is 22.8. The summed E-state index contributed by atoms with van der Waals surface area (Å²) < 4.78 is 36.4. The molecule has 0 spiro atoms. The first-order chi connectivity index (χ1) is 22.0. The van der Waals surface area contributed by atoms with Crippen molar-refractivity contribution in [2.24, 2.45) is 0 Å². The fourth-order valence-electron chi connectivity index (χ4n) is 5.39. The van der Waals surface area contributed by atoms with E-state index in [1.807, 2.05) is 0 Å². The second kappa shape index (κ2) is 15.4. The number of ether oxygens (including phenoxy) is 7. The molecule has 0 amide bonds. The second-order valence-corrected chi connectivity index (χ2v) is 11.3. The quantitative estimate of drug-likeness (QED) is 0.101. The van der Waals surface area contributed by atoms with Gasteiger partial charge in [0.15, 0.2) is 37.4 Å². The maximum atomic E-state index is 11.4. The first-order valence-electron chi connectivity index (χ1n) is 14.1. The van der Waals surface area contributed by atoms with Gasteiger partial charge in [-0.1, -0.05) is 0 Å². The minimum atomic E-state index is -2.16. The van der Waals surface area contributed by atoms with Crippen molar-refractivity contribution >= 4 is 11.9 Å². The highest BCUT2D eigenvalue weighted by atomic mass is 16.8. The van der Waals surface area contributed by atoms with Gasteiger partial charge in [0.1, 0.15) is 85.5 Å². The first kappa shape index (κ1) is 38.0. The van der Waals surface area contributed by atoms with Gasteiger partial charge in [0, 0.05) is 0 Å². The number of aliphatic carboxylic acids is 2. The molecule has 0 radical (unpaired) electrons. The van der Waals surface area contributed by atoms with Gasteiger partial charge in [0.2, 0.25) is 0 Å². The number of carboxylic acid groups (broad SMARTS) is 2. The molecular formula is C24H38O23. The summed E-state index contributed by atoms with van der Waals surface area (Å²) in [5.41, 5.74) is 0. The summed E-state index contributed by atoms with van der Waals surface area (Å²) in [6.07, 6.45) is -40.1. The Balaban J connectivity index is 1.47. The number of aliphatic hydroxyl groups is 12. The number of hydrogen-bond donors (Lipinski definition) is 14.